The number of hydrogen-bond acceptors (Lipinski definition) is 3. The van der Waals surface area contributed by atoms with Crippen molar-refractivity contribution in [2.45, 2.75) is 51.4 Å². The fraction of sp³-hybridized carbons (Fsp3) is 0.381. The number of hydrogen-bond donors (Lipinski definition) is 2. The Labute approximate surface area is 153 Å². The van der Waals surface area contributed by atoms with E-state index in [0.717, 1.165) is 11.1 Å². The van der Waals surface area contributed by atoms with Crippen LogP contribution in [0.2, 0.25) is 0 Å². The quantitative estimate of drug-likeness (QED) is 0.874. The van der Waals surface area contributed by atoms with Crippen LogP contribution in [-0.2, 0) is 0 Å². The zero-order valence-corrected chi connectivity index (χ0v) is 15.4. The van der Waals surface area contributed by atoms with Crippen molar-refractivity contribution in [3.63, 3.8) is 0 Å². The van der Waals surface area contributed by atoms with Gasteiger partial charge in [-0.3, -0.25) is 4.79 Å². The highest BCUT2D eigenvalue weighted by atomic mass is 19.1. The van der Waals surface area contributed by atoms with E-state index in [4.69, 9.17) is 4.74 Å². The van der Waals surface area contributed by atoms with E-state index in [0.29, 0.717) is 17.2 Å². The number of benzene rings is 2. The molecule has 0 aromatic heterocycles. The average Bonchev–Trinajstić information content (AvgIpc) is 2.58. The Bertz CT molecular complexity index is 815. The van der Waals surface area contributed by atoms with E-state index in [1.807, 2.05) is 18.2 Å². The fourth-order valence-electron chi connectivity index (χ4n) is 3.16. The van der Waals surface area contributed by atoms with Crippen LogP contribution in [0.5, 0.6) is 5.75 Å². The molecule has 0 bridgehead atoms. The zero-order chi connectivity index (χ0) is 19.1. The standard InChI is InChI=1S/C21H24FNO3/c1-12(2)14-7-10-17-16(11-14)18(19(24)21(3,4)26-17)23-20(25)13-5-8-15(22)9-6-13/h5-12,18-19,24H,1-4H3,(H,23,25). The monoisotopic (exact) mass is 357 g/mol. The number of aliphatic hydroxyl groups is 1. The van der Waals surface area contributed by atoms with Gasteiger partial charge in [0.05, 0.1) is 6.04 Å². The van der Waals surface area contributed by atoms with Crippen LogP contribution >= 0.6 is 0 Å². The normalized spacial score (nSPS) is 21.0. The molecule has 1 heterocycles. The Morgan fingerprint density at radius 2 is 1.85 bits per heavy atom. The van der Waals surface area contributed by atoms with Crippen LogP contribution in [0, 0.1) is 5.82 Å². The lowest BCUT2D eigenvalue weighted by Gasteiger charge is -2.42. The number of nitrogens with one attached hydrogen (secondary N) is 1. The number of ether oxygens (including phenoxy) is 1. The van der Waals surface area contributed by atoms with Crippen LogP contribution in [0.15, 0.2) is 42.5 Å². The Morgan fingerprint density at radius 3 is 2.46 bits per heavy atom. The number of halogens is 1. The summed E-state index contributed by atoms with van der Waals surface area (Å²) in [4.78, 5) is 12.6. The van der Waals surface area contributed by atoms with Gasteiger partial charge in [-0.2, -0.15) is 0 Å². The third-order valence-electron chi connectivity index (χ3n) is 4.83. The Kier molecular flexibility index (Phi) is 4.76. The third-order valence-corrected chi connectivity index (χ3v) is 4.83. The molecule has 5 heteroatoms. The van der Waals surface area contributed by atoms with Gasteiger partial charge in [-0.25, -0.2) is 4.39 Å². The number of aliphatic hydroxyl groups excluding tert-OH is 1. The summed E-state index contributed by atoms with van der Waals surface area (Å²) in [6.45, 7) is 7.73. The second-order valence-electron chi connectivity index (χ2n) is 7.56. The molecule has 0 spiro atoms. The maximum Gasteiger partial charge on any atom is 0.251 e. The second-order valence-corrected chi connectivity index (χ2v) is 7.56. The summed E-state index contributed by atoms with van der Waals surface area (Å²) in [5.41, 5.74) is 1.33. The predicted octanol–water partition coefficient (Wildman–Crippen LogP) is 3.95. The SMILES string of the molecule is CC(C)c1ccc2c(c1)C(NC(=O)c1ccc(F)cc1)C(O)C(C)(C)O2. The van der Waals surface area contributed by atoms with Crippen LogP contribution in [0.1, 0.15) is 61.1 Å². The van der Waals surface area contributed by atoms with E-state index in [-0.39, 0.29) is 5.91 Å². The molecule has 1 aliphatic rings. The molecule has 2 unspecified atom stereocenters. The Morgan fingerprint density at radius 1 is 1.19 bits per heavy atom. The lowest BCUT2D eigenvalue weighted by Crippen LogP contribution is -2.53. The second kappa shape index (κ2) is 6.72. The largest absolute Gasteiger partial charge is 0.485 e. The molecule has 0 saturated carbocycles. The Hall–Kier alpha value is -2.40. The van der Waals surface area contributed by atoms with Gasteiger partial charge in [0.1, 0.15) is 23.3 Å². The summed E-state index contributed by atoms with van der Waals surface area (Å²) < 4.78 is 19.0. The van der Waals surface area contributed by atoms with Gasteiger partial charge in [-0.15, -0.1) is 0 Å². The van der Waals surface area contributed by atoms with E-state index < -0.39 is 23.6 Å². The minimum atomic E-state index is -0.929. The van der Waals surface area contributed by atoms with E-state index in [9.17, 15) is 14.3 Å². The Balaban J connectivity index is 1.97. The van der Waals surface area contributed by atoms with E-state index in [1.165, 1.54) is 24.3 Å². The summed E-state index contributed by atoms with van der Waals surface area (Å²) in [5, 5.41) is 13.7. The average molecular weight is 357 g/mol. The number of carbonyl (C=O) groups is 1. The van der Waals surface area contributed by atoms with Gasteiger partial charge in [0.25, 0.3) is 5.91 Å². The van der Waals surface area contributed by atoms with Crippen molar-refractivity contribution in [2.75, 3.05) is 0 Å². The molecule has 4 nitrogen and oxygen atoms in total. The van der Waals surface area contributed by atoms with Crippen LogP contribution < -0.4 is 10.1 Å². The number of amides is 1. The molecule has 3 rings (SSSR count). The van der Waals surface area contributed by atoms with Crippen LogP contribution in [0.25, 0.3) is 0 Å². The van der Waals surface area contributed by atoms with Crippen molar-refractivity contribution in [1.29, 1.82) is 0 Å². The highest BCUT2D eigenvalue weighted by molar-refractivity contribution is 5.94. The van der Waals surface area contributed by atoms with Gasteiger partial charge in [0, 0.05) is 11.1 Å². The van der Waals surface area contributed by atoms with E-state index >= 15 is 0 Å². The van der Waals surface area contributed by atoms with Gasteiger partial charge in [-0.1, -0.05) is 19.9 Å². The van der Waals surface area contributed by atoms with Gasteiger partial charge in [0.2, 0.25) is 0 Å². The summed E-state index contributed by atoms with van der Waals surface area (Å²) in [5.74, 6) is 0.184. The molecule has 2 aromatic carbocycles. The van der Waals surface area contributed by atoms with Crippen molar-refractivity contribution in [1.82, 2.24) is 5.32 Å². The zero-order valence-electron chi connectivity index (χ0n) is 15.4. The smallest absolute Gasteiger partial charge is 0.251 e. The first-order valence-corrected chi connectivity index (χ1v) is 8.76. The topological polar surface area (TPSA) is 58.6 Å². The number of carbonyl (C=O) groups excluding carboxylic acids is 1. The lowest BCUT2D eigenvalue weighted by atomic mass is 9.85. The third kappa shape index (κ3) is 3.44. The summed E-state index contributed by atoms with van der Waals surface area (Å²) in [6.07, 6.45) is -0.929. The molecule has 2 N–H and O–H groups in total. The van der Waals surface area contributed by atoms with Gasteiger partial charge in [-0.05, 0) is 61.7 Å². The summed E-state index contributed by atoms with van der Waals surface area (Å²) >= 11 is 0. The molecule has 0 saturated heterocycles. The van der Waals surface area contributed by atoms with Gasteiger partial charge < -0.3 is 15.2 Å². The highest BCUT2D eigenvalue weighted by Crippen LogP contribution is 2.41. The summed E-state index contributed by atoms with van der Waals surface area (Å²) in [7, 11) is 0. The van der Waals surface area contributed by atoms with Crippen molar-refractivity contribution in [3.05, 3.63) is 65.0 Å². The molecule has 0 aliphatic carbocycles. The fourth-order valence-corrected chi connectivity index (χ4v) is 3.16. The maximum atomic E-state index is 13.1. The minimum absolute atomic E-state index is 0.306. The van der Waals surface area contributed by atoms with Crippen LogP contribution in [-0.4, -0.2) is 22.7 Å². The van der Waals surface area contributed by atoms with Crippen LogP contribution in [0.3, 0.4) is 0 Å². The van der Waals surface area contributed by atoms with Crippen molar-refractivity contribution < 1.29 is 19.0 Å². The molecule has 2 atom stereocenters. The molecule has 0 fully saturated rings. The molecule has 26 heavy (non-hydrogen) atoms. The van der Waals surface area contributed by atoms with Crippen molar-refractivity contribution in [3.8, 4) is 5.75 Å². The highest BCUT2D eigenvalue weighted by Gasteiger charge is 2.43. The number of fused-ring (bicyclic) bond motifs is 1. The van der Waals surface area contributed by atoms with Crippen LogP contribution in [0.4, 0.5) is 4.39 Å². The molecule has 1 aliphatic heterocycles. The molecular weight excluding hydrogens is 333 g/mol. The van der Waals surface area contributed by atoms with E-state index in [2.05, 4.69) is 19.2 Å². The number of rotatable bonds is 3. The first kappa shape index (κ1) is 18.4. The molecule has 0 radical (unpaired) electrons. The minimum Gasteiger partial charge on any atom is -0.485 e. The maximum absolute atomic E-state index is 13.1. The summed E-state index contributed by atoms with van der Waals surface area (Å²) in [6, 6.07) is 10.6. The molecule has 1 amide bonds. The molecule has 2 aromatic rings. The first-order valence-electron chi connectivity index (χ1n) is 8.76. The van der Waals surface area contributed by atoms with E-state index in [1.54, 1.807) is 13.8 Å². The van der Waals surface area contributed by atoms with Gasteiger partial charge in [0.15, 0.2) is 0 Å². The lowest BCUT2D eigenvalue weighted by molar-refractivity contribution is -0.0628. The molecular formula is C21H24FNO3. The van der Waals surface area contributed by atoms with Gasteiger partial charge >= 0.3 is 0 Å². The molecule has 138 valence electrons. The predicted molar refractivity (Wildman–Crippen MR) is 97.9 cm³/mol. The van der Waals surface area contributed by atoms with Crippen molar-refractivity contribution in [2.24, 2.45) is 0 Å². The first-order chi connectivity index (χ1) is 12.2. The van der Waals surface area contributed by atoms with Crippen molar-refractivity contribution >= 4 is 5.91 Å².